The predicted octanol–water partition coefficient (Wildman–Crippen LogP) is 0.980. The fourth-order valence-electron chi connectivity index (χ4n) is 2.85. The summed E-state index contributed by atoms with van der Waals surface area (Å²) in [7, 11) is 1.54. The van der Waals surface area contributed by atoms with Crippen molar-refractivity contribution in [2.24, 2.45) is 0 Å². The number of piperidine rings is 1. The molecule has 2 atom stereocenters. The monoisotopic (exact) mass is 334 g/mol. The van der Waals surface area contributed by atoms with Crippen LogP contribution in [-0.4, -0.2) is 58.9 Å². The van der Waals surface area contributed by atoms with Crippen molar-refractivity contribution in [2.75, 3.05) is 25.1 Å². The van der Waals surface area contributed by atoms with Crippen LogP contribution < -0.4 is 9.64 Å². The zero-order valence-electron chi connectivity index (χ0n) is 13.0. The van der Waals surface area contributed by atoms with Crippen LogP contribution in [0, 0.1) is 0 Å². The van der Waals surface area contributed by atoms with Crippen molar-refractivity contribution in [2.45, 2.75) is 18.6 Å². The molecule has 1 aromatic carbocycles. The van der Waals surface area contributed by atoms with E-state index in [-0.39, 0.29) is 36.7 Å². The average Bonchev–Trinajstić information content (AvgIpc) is 2.99. The summed E-state index contributed by atoms with van der Waals surface area (Å²) < 4.78 is 10.3. The van der Waals surface area contributed by atoms with Crippen molar-refractivity contribution in [3.8, 4) is 17.1 Å². The maximum absolute atomic E-state index is 11.7. The van der Waals surface area contributed by atoms with Gasteiger partial charge in [-0.3, -0.25) is 0 Å². The maximum atomic E-state index is 11.7. The third kappa shape index (κ3) is 3.06. The van der Waals surface area contributed by atoms with Crippen LogP contribution in [0.4, 0.5) is 5.82 Å². The molecule has 1 aliphatic heterocycles. The number of aliphatic hydroxyl groups excluding tert-OH is 2. The van der Waals surface area contributed by atoms with Gasteiger partial charge in [0.05, 0.1) is 19.3 Å². The summed E-state index contributed by atoms with van der Waals surface area (Å²) in [6, 6.07) is 6.74. The van der Waals surface area contributed by atoms with Crippen molar-refractivity contribution in [1.82, 2.24) is 5.16 Å². The van der Waals surface area contributed by atoms with Crippen LogP contribution in [0.3, 0.4) is 0 Å². The fraction of sp³-hybridized carbons (Fsp3) is 0.375. The molecule has 0 amide bonds. The Balaban J connectivity index is 1.99. The summed E-state index contributed by atoms with van der Waals surface area (Å²) in [6.45, 7) is 0.373. The van der Waals surface area contributed by atoms with Crippen LogP contribution in [0.5, 0.6) is 5.75 Å². The summed E-state index contributed by atoms with van der Waals surface area (Å²) in [6.07, 6.45) is -1.25. The van der Waals surface area contributed by atoms with E-state index in [0.29, 0.717) is 11.3 Å². The van der Waals surface area contributed by atoms with Gasteiger partial charge in [0.25, 0.3) is 0 Å². The van der Waals surface area contributed by atoms with Gasteiger partial charge in [-0.15, -0.1) is 0 Å². The lowest BCUT2D eigenvalue weighted by atomic mass is 10.0. The highest BCUT2D eigenvalue weighted by Gasteiger charge is 2.32. The molecule has 0 bridgehead atoms. The molecule has 1 aromatic heterocycles. The molecule has 8 heteroatoms. The fourth-order valence-corrected chi connectivity index (χ4v) is 2.85. The van der Waals surface area contributed by atoms with Gasteiger partial charge in [0.2, 0.25) is 0 Å². The number of carboxylic acid groups (broad SMARTS) is 1. The molecule has 128 valence electrons. The number of methoxy groups -OCH3 is 1. The highest BCUT2D eigenvalue weighted by Crippen LogP contribution is 2.33. The second-order valence-electron chi connectivity index (χ2n) is 5.69. The van der Waals surface area contributed by atoms with Crippen LogP contribution >= 0.6 is 0 Å². The summed E-state index contributed by atoms with van der Waals surface area (Å²) in [5.41, 5.74) is 0.450. The molecule has 2 aromatic rings. The van der Waals surface area contributed by atoms with Gasteiger partial charge in [-0.2, -0.15) is 0 Å². The Hall–Kier alpha value is -2.58. The number of carbonyl (C=O) groups is 1. The van der Waals surface area contributed by atoms with E-state index in [4.69, 9.17) is 9.26 Å². The van der Waals surface area contributed by atoms with E-state index < -0.39 is 18.2 Å². The number of rotatable bonds is 4. The van der Waals surface area contributed by atoms with Gasteiger partial charge in [-0.25, -0.2) is 4.79 Å². The Labute approximate surface area is 137 Å². The van der Waals surface area contributed by atoms with Crippen LogP contribution in [-0.2, 0) is 0 Å². The van der Waals surface area contributed by atoms with Crippen molar-refractivity contribution in [1.29, 1.82) is 0 Å². The van der Waals surface area contributed by atoms with E-state index in [2.05, 4.69) is 5.16 Å². The minimum absolute atomic E-state index is 0.0959. The van der Waals surface area contributed by atoms with Gasteiger partial charge in [0.15, 0.2) is 17.1 Å². The summed E-state index contributed by atoms with van der Waals surface area (Å²) >= 11 is 0. The third-order valence-electron chi connectivity index (χ3n) is 3.95. The zero-order valence-corrected chi connectivity index (χ0v) is 13.0. The topological polar surface area (TPSA) is 116 Å². The number of anilines is 1. The first-order valence-corrected chi connectivity index (χ1v) is 7.48. The van der Waals surface area contributed by atoms with Gasteiger partial charge in [0.1, 0.15) is 5.75 Å². The molecule has 3 rings (SSSR count). The molecule has 2 heterocycles. The summed E-state index contributed by atoms with van der Waals surface area (Å²) in [4.78, 5) is 13.3. The first-order chi connectivity index (χ1) is 11.5. The number of carboxylic acids is 1. The molecule has 0 radical (unpaired) electrons. The van der Waals surface area contributed by atoms with Crippen molar-refractivity contribution < 1.29 is 29.4 Å². The molecule has 8 nitrogen and oxygen atoms in total. The molecule has 3 N–H and O–H groups in total. The molecule has 1 fully saturated rings. The first-order valence-electron chi connectivity index (χ1n) is 7.48. The highest BCUT2D eigenvalue weighted by atomic mass is 16.5. The second-order valence-corrected chi connectivity index (χ2v) is 5.69. The van der Waals surface area contributed by atoms with Crippen molar-refractivity contribution in [3.05, 3.63) is 29.8 Å². The number of aromatic nitrogens is 1. The number of hydrogen-bond acceptors (Lipinski definition) is 7. The average molecular weight is 334 g/mol. The molecule has 0 saturated carbocycles. The van der Waals surface area contributed by atoms with E-state index >= 15 is 0 Å². The smallest absolute Gasteiger partial charge is 0.343 e. The van der Waals surface area contributed by atoms with Crippen molar-refractivity contribution >= 4 is 11.8 Å². The zero-order chi connectivity index (χ0) is 17.3. The van der Waals surface area contributed by atoms with Gasteiger partial charge in [0, 0.05) is 25.1 Å². The number of hydrogen-bond donors (Lipinski definition) is 3. The van der Waals surface area contributed by atoms with Gasteiger partial charge in [-0.05, 0) is 24.3 Å². The number of aromatic carboxylic acids is 1. The molecule has 0 spiro atoms. The number of benzene rings is 1. The minimum atomic E-state index is -1.19. The predicted molar refractivity (Wildman–Crippen MR) is 84.3 cm³/mol. The Morgan fingerprint density at radius 2 is 1.88 bits per heavy atom. The minimum Gasteiger partial charge on any atom is -0.497 e. The standard InChI is InChI=1S/C16H18N2O6/c1-23-12-4-2-9(3-5-12)14-13(16(21)22)15(17-24-14)18-7-10(19)6-11(20)8-18/h2-5,10-11,19-20H,6-8H2,1H3,(H,21,22)/t10-,11-/m1/s1. The van der Waals surface area contributed by atoms with E-state index in [9.17, 15) is 20.1 Å². The molecular weight excluding hydrogens is 316 g/mol. The van der Waals surface area contributed by atoms with E-state index in [1.165, 1.54) is 12.0 Å². The van der Waals surface area contributed by atoms with Crippen LogP contribution in [0.15, 0.2) is 28.8 Å². The third-order valence-corrected chi connectivity index (χ3v) is 3.95. The van der Waals surface area contributed by atoms with E-state index in [0.717, 1.165) is 0 Å². The highest BCUT2D eigenvalue weighted by molar-refractivity contribution is 5.99. The van der Waals surface area contributed by atoms with Crippen LogP contribution in [0.25, 0.3) is 11.3 Å². The maximum Gasteiger partial charge on any atom is 0.343 e. The largest absolute Gasteiger partial charge is 0.497 e. The SMILES string of the molecule is COc1ccc(-c2onc(N3C[C@H](O)C[C@@H](O)C3)c2C(=O)O)cc1. The van der Waals surface area contributed by atoms with E-state index in [1.54, 1.807) is 24.3 Å². The Kier molecular flexibility index (Phi) is 4.41. The number of aliphatic hydroxyl groups is 2. The lowest BCUT2D eigenvalue weighted by molar-refractivity contribution is 0.0632. The van der Waals surface area contributed by atoms with Crippen molar-refractivity contribution in [3.63, 3.8) is 0 Å². The summed E-state index contributed by atoms with van der Waals surface area (Å²) in [5, 5.41) is 33.1. The molecule has 24 heavy (non-hydrogen) atoms. The number of nitrogens with zero attached hydrogens (tertiary/aromatic N) is 2. The van der Waals surface area contributed by atoms with Gasteiger partial charge in [-0.1, -0.05) is 5.16 Å². The molecule has 0 unspecified atom stereocenters. The van der Waals surface area contributed by atoms with Crippen LogP contribution in [0.2, 0.25) is 0 Å². The van der Waals surface area contributed by atoms with Gasteiger partial charge < -0.3 is 29.5 Å². The van der Waals surface area contributed by atoms with Gasteiger partial charge >= 0.3 is 5.97 Å². The molecular formula is C16H18N2O6. The summed E-state index contributed by atoms with van der Waals surface area (Å²) in [5.74, 6) is -0.329. The lowest BCUT2D eigenvalue weighted by Crippen LogP contribution is -2.46. The quantitative estimate of drug-likeness (QED) is 0.758. The van der Waals surface area contributed by atoms with Crippen LogP contribution in [0.1, 0.15) is 16.8 Å². The molecule has 1 aliphatic rings. The Morgan fingerprint density at radius 3 is 2.42 bits per heavy atom. The Morgan fingerprint density at radius 1 is 1.25 bits per heavy atom. The normalized spacial score (nSPS) is 20.9. The Bertz CT molecular complexity index is 717. The number of ether oxygens (including phenoxy) is 1. The molecule has 0 aliphatic carbocycles. The first kappa shape index (κ1) is 16.3. The van der Waals surface area contributed by atoms with E-state index in [1.807, 2.05) is 0 Å². The lowest BCUT2D eigenvalue weighted by Gasteiger charge is -2.33. The second kappa shape index (κ2) is 6.50. The molecule has 1 saturated heterocycles. The number of β-amino-alcohol motifs (C(OH)–C–C–N with tert-alkyl or cyclic N) is 2.